The molecule has 0 radical (unpaired) electrons. The van der Waals surface area contributed by atoms with Crippen LogP contribution in [0, 0.1) is 11.8 Å². The number of rotatable bonds is 4. The van der Waals surface area contributed by atoms with Crippen LogP contribution in [-0.4, -0.2) is 38.7 Å². The number of amides is 1. The lowest BCUT2D eigenvalue weighted by atomic mass is 9.82. The van der Waals surface area contributed by atoms with E-state index in [1.165, 1.54) is 0 Å². The Hall–Kier alpha value is -2.11. The highest BCUT2D eigenvalue weighted by atomic mass is 16.4. The first-order valence-corrected chi connectivity index (χ1v) is 6.60. The molecular formula is C14H19N3O3. The van der Waals surface area contributed by atoms with E-state index in [0.29, 0.717) is 19.4 Å². The van der Waals surface area contributed by atoms with Gasteiger partial charge in [0, 0.05) is 20.3 Å². The molecule has 0 spiro atoms. The summed E-state index contributed by atoms with van der Waals surface area (Å²) in [6, 6.07) is 1.85. The minimum atomic E-state index is -0.904. The van der Waals surface area contributed by atoms with E-state index >= 15 is 0 Å². The van der Waals surface area contributed by atoms with Crippen LogP contribution in [0.3, 0.4) is 0 Å². The number of carboxylic acid groups (broad SMARTS) is 1. The fourth-order valence-corrected chi connectivity index (χ4v) is 2.51. The molecule has 0 bridgehead atoms. The fourth-order valence-electron chi connectivity index (χ4n) is 2.51. The highest BCUT2D eigenvalue weighted by Crippen LogP contribution is 2.27. The summed E-state index contributed by atoms with van der Waals surface area (Å²) in [6.45, 7) is 0.395. The van der Waals surface area contributed by atoms with Gasteiger partial charge >= 0.3 is 5.97 Å². The molecule has 1 aliphatic rings. The van der Waals surface area contributed by atoms with Gasteiger partial charge in [0.1, 0.15) is 0 Å². The van der Waals surface area contributed by atoms with Crippen molar-refractivity contribution in [2.45, 2.75) is 19.4 Å². The lowest BCUT2D eigenvalue weighted by Crippen LogP contribution is -2.39. The van der Waals surface area contributed by atoms with Crippen LogP contribution in [0.2, 0.25) is 0 Å². The first-order chi connectivity index (χ1) is 9.49. The number of carbonyl (C=O) groups excluding carboxylic acids is 1. The Balaban J connectivity index is 2.05. The number of nitrogens with zero attached hydrogens (tertiary/aromatic N) is 3. The Morgan fingerprint density at radius 2 is 2.05 bits per heavy atom. The van der Waals surface area contributed by atoms with Gasteiger partial charge in [-0.1, -0.05) is 12.2 Å². The van der Waals surface area contributed by atoms with E-state index in [2.05, 4.69) is 5.10 Å². The third-order valence-corrected chi connectivity index (χ3v) is 3.61. The molecule has 2 unspecified atom stereocenters. The molecule has 2 atom stereocenters. The molecule has 0 saturated carbocycles. The van der Waals surface area contributed by atoms with Crippen LogP contribution in [0.15, 0.2) is 24.4 Å². The van der Waals surface area contributed by atoms with Crippen LogP contribution in [0.5, 0.6) is 0 Å². The Morgan fingerprint density at radius 3 is 2.60 bits per heavy atom. The van der Waals surface area contributed by atoms with E-state index in [1.54, 1.807) is 16.6 Å². The minimum Gasteiger partial charge on any atom is -0.481 e. The van der Waals surface area contributed by atoms with E-state index in [0.717, 1.165) is 5.69 Å². The Kier molecular flexibility index (Phi) is 4.22. The molecule has 1 aromatic heterocycles. The molecule has 1 amide bonds. The number of carboxylic acids is 1. The zero-order valence-corrected chi connectivity index (χ0v) is 11.7. The number of aromatic nitrogens is 2. The second-order valence-corrected chi connectivity index (χ2v) is 5.17. The summed E-state index contributed by atoms with van der Waals surface area (Å²) in [5.74, 6) is -2.14. The molecule has 2 rings (SSSR count). The van der Waals surface area contributed by atoms with E-state index < -0.39 is 17.8 Å². The van der Waals surface area contributed by atoms with Crippen LogP contribution in [-0.2, 0) is 23.2 Å². The average molecular weight is 277 g/mol. The van der Waals surface area contributed by atoms with Crippen LogP contribution < -0.4 is 0 Å². The summed E-state index contributed by atoms with van der Waals surface area (Å²) in [4.78, 5) is 25.2. The molecule has 1 N–H and O–H groups in total. The van der Waals surface area contributed by atoms with E-state index in [4.69, 9.17) is 0 Å². The molecule has 0 fully saturated rings. The molecule has 108 valence electrons. The number of allylic oxidation sites excluding steroid dienone is 2. The number of aliphatic carboxylic acids is 1. The number of hydrogen-bond donors (Lipinski definition) is 1. The standard InChI is InChI=1S/C14H19N3O3/c1-16(9-10-7-8-17(2)15-10)13(18)11-5-3-4-6-12(11)14(19)20/h3-4,7-8,11-12H,5-6,9H2,1-2H3,(H,19,20). The summed E-state index contributed by atoms with van der Waals surface area (Å²) in [6.07, 6.45) is 6.44. The molecule has 6 heteroatoms. The van der Waals surface area contributed by atoms with Crippen molar-refractivity contribution in [1.29, 1.82) is 0 Å². The number of aryl methyl sites for hydroxylation is 1. The number of carbonyl (C=O) groups is 2. The molecular weight excluding hydrogens is 258 g/mol. The largest absolute Gasteiger partial charge is 0.481 e. The van der Waals surface area contributed by atoms with Crippen molar-refractivity contribution in [2.75, 3.05) is 7.05 Å². The van der Waals surface area contributed by atoms with Crippen molar-refractivity contribution in [3.05, 3.63) is 30.1 Å². The van der Waals surface area contributed by atoms with Crippen LogP contribution in [0.1, 0.15) is 18.5 Å². The summed E-state index contributed by atoms with van der Waals surface area (Å²) in [5, 5.41) is 13.4. The minimum absolute atomic E-state index is 0.132. The van der Waals surface area contributed by atoms with Gasteiger partial charge in [0.25, 0.3) is 0 Å². The van der Waals surface area contributed by atoms with Crippen molar-refractivity contribution in [3.8, 4) is 0 Å². The summed E-state index contributed by atoms with van der Waals surface area (Å²) in [5.41, 5.74) is 0.793. The molecule has 1 heterocycles. The van der Waals surface area contributed by atoms with E-state index in [1.807, 2.05) is 31.5 Å². The summed E-state index contributed by atoms with van der Waals surface area (Å²) < 4.78 is 1.68. The maximum atomic E-state index is 12.4. The lowest BCUT2D eigenvalue weighted by Gasteiger charge is -2.28. The second-order valence-electron chi connectivity index (χ2n) is 5.17. The van der Waals surface area contributed by atoms with Gasteiger partial charge < -0.3 is 10.0 Å². The smallest absolute Gasteiger partial charge is 0.307 e. The van der Waals surface area contributed by atoms with Gasteiger partial charge in [-0.05, 0) is 18.9 Å². The summed E-state index contributed by atoms with van der Waals surface area (Å²) in [7, 11) is 3.51. The van der Waals surface area contributed by atoms with Crippen LogP contribution in [0.4, 0.5) is 0 Å². The average Bonchev–Trinajstić information content (AvgIpc) is 2.83. The van der Waals surface area contributed by atoms with Crippen molar-refractivity contribution >= 4 is 11.9 Å². The van der Waals surface area contributed by atoms with Gasteiger partial charge in [0.2, 0.25) is 5.91 Å². The van der Waals surface area contributed by atoms with Crippen molar-refractivity contribution in [3.63, 3.8) is 0 Å². The van der Waals surface area contributed by atoms with Gasteiger partial charge in [-0.2, -0.15) is 5.10 Å². The third-order valence-electron chi connectivity index (χ3n) is 3.61. The molecule has 1 aliphatic carbocycles. The predicted octanol–water partition coefficient (Wildman–Crippen LogP) is 1.05. The van der Waals surface area contributed by atoms with E-state index in [9.17, 15) is 14.7 Å². The predicted molar refractivity (Wildman–Crippen MR) is 72.7 cm³/mol. The Bertz CT molecular complexity index is 536. The van der Waals surface area contributed by atoms with Crippen molar-refractivity contribution < 1.29 is 14.7 Å². The van der Waals surface area contributed by atoms with Gasteiger partial charge in [0.05, 0.1) is 24.1 Å². The monoisotopic (exact) mass is 277 g/mol. The normalized spacial score (nSPS) is 21.7. The molecule has 6 nitrogen and oxygen atoms in total. The molecule has 0 aliphatic heterocycles. The number of hydrogen-bond acceptors (Lipinski definition) is 3. The topological polar surface area (TPSA) is 75.4 Å². The quantitative estimate of drug-likeness (QED) is 0.835. The van der Waals surface area contributed by atoms with Crippen LogP contribution >= 0.6 is 0 Å². The van der Waals surface area contributed by atoms with Crippen molar-refractivity contribution in [1.82, 2.24) is 14.7 Å². The van der Waals surface area contributed by atoms with E-state index in [-0.39, 0.29) is 5.91 Å². The highest BCUT2D eigenvalue weighted by molar-refractivity contribution is 5.85. The molecule has 20 heavy (non-hydrogen) atoms. The van der Waals surface area contributed by atoms with Crippen molar-refractivity contribution in [2.24, 2.45) is 18.9 Å². The third kappa shape index (κ3) is 3.07. The SMILES string of the molecule is CN(Cc1ccn(C)n1)C(=O)C1CC=CCC1C(=O)O. The second kappa shape index (κ2) is 5.90. The maximum Gasteiger partial charge on any atom is 0.307 e. The molecule has 0 saturated heterocycles. The Labute approximate surface area is 117 Å². The summed E-state index contributed by atoms with van der Waals surface area (Å²) >= 11 is 0. The zero-order chi connectivity index (χ0) is 14.7. The maximum absolute atomic E-state index is 12.4. The highest BCUT2D eigenvalue weighted by Gasteiger charge is 2.35. The lowest BCUT2D eigenvalue weighted by molar-refractivity contribution is -0.150. The first kappa shape index (κ1) is 14.3. The van der Waals surface area contributed by atoms with Gasteiger partial charge in [-0.15, -0.1) is 0 Å². The fraction of sp³-hybridized carbons (Fsp3) is 0.500. The first-order valence-electron chi connectivity index (χ1n) is 6.60. The van der Waals surface area contributed by atoms with Gasteiger partial charge in [0.15, 0.2) is 0 Å². The molecule has 0 aromatic carbocycles. The zero-order valence-electron chi connectivity index (χ0n) is 11.7. The molecule has 1 aromatic rings. The van der Waals surface area contributed by atoms with Gasteiger partial charge in [-0.25, -0.2) is 0 Å². The van der Waals surface area contributed by atoms with Crippen LogP contribution in [0.25, 0.3) is 0 Å². The van der Waals surface area contributed by atoms with Gasteiger partial charge in [-0.3, -0.25) is 14.3 Å². The Morgan fingerprint density at radius 1 is 1.40 bits per heavy atom.